The first-order chi connectivity index (χ1) is 14.2. The summed E-state index contributed by atoms with van der Waals surface area (Å²) in [7, 11) is 0. The molecule has 5 nitrogen and oxygen atoms in total. The van der Waals surface area contributed by atoms with Crippen LogP contribution in [0.3, 0.4) is 0 Å². The van der Waals surface area contributed by atoms with E-state index < -0.39 is 0 Å². The Hall–Kier alpha value is -3.33. The van der Waals surface area contributed by atoms with Crippen molar-refractivity contribution in [3.63, 3.8) is 0 Å². The van der Waals surface area contributed by atoms with Crippen LogP contribution in [0, 0.1) is 17.1 Å². The van der Waals surface area contributed by atoms with Gasteiger partial charge in [-0.25, -0.2) is 9.37 Å². The van der Waals surface area contributed by atoms with Gasteiger partial charge in [-0.15, -0.1) is 0 Å². The van der Waals surface area contributed by atoms with Crippen LogP contribution in [0.15, 0.2) is 59.0 Å². The highest BCUT2D eigenvalue weighted by Crippen LogP contribution is 2.54. The van der Waals surface area contributed by atoms with E-state index in [9.17, 15) is 9.65 Å². The van der Waals surface area contributed by atoms with E-state index >= 15 is 0 Å². The molecule has 5 rings (SSSR count). The fourth-order valence-electron chi connectivity index (χ4n) is 4.13. The third-order valence-corrected chi connectivity index (χ3v) is 5.83. The average molecular weight is 388 g/mol. The van der Waals surface area contributed by atoms with Crippen molar-refractivity contribution < 1.29 is 8.81 Å². The van der Waals surface area contributed by atoms with Crippen LogP contribution in [0.5, 0.6) is 0 Å². The first-order valence-corrected chi connectivity index (χ1v) is 9.94. The Balaban J connectivity index is 1.29. The maximum atomic E-state index is 13.2. The van der Waals surface area contributed by atoms with Gasteiger partial charge in [-0.05, 0) is 42.2 Å². The quantitative estimate of drug-likeness (QED) is 0.668. The van der Waals surface area contributed by atoms with E-state index in [1.807, 2.05) is 18.2 Å². The number of hydrogen-bond acceptors (Lipinski definition) is 5. The van der Waals surface area contributed by atoms with Crippen molar-refractivity contribution >= 4 is 11.6 Å². The molecule has 0 radical (unpaired) electrons. The van der Waals surface area contributed by atoms with Gasteiger partial charge in [-0.1, -0.05) is 30.3 Å². The minimum atomic E-state index is -0.228. The standard InChI is InChI=1S/C23H21FN4O/c24-17-6-8-18(9-7-17)27-10-12-28(13-11-27)23-21(15-25)26-22(29-23)20-14-19(20)16-4-2-1-3-5-16/h1-9,19-20H,10-14H2/t19-,20-/m1/s1. The molecule has 1 aliphatic heterocycles. The zero-order valence-electron chi connectivity index (χ0n) is 16.0. The molecule has 2 atom stereocenters. The summed E-state index contributed by atoms with van der Waals surface area (Å²) in [6.45, 7) is 3.02. The molecule has 6 heteroatoms. The predicted molar refractivity (Wildman–Crippen MR) is 109 cm³/mol. The Bertz CT molecular complexity index is 1030. The fraction of sp³-hybridized carbons (Fsp3) is 0.304. The molecule has 0 spiro atoms. The third-order valence-electron chi connectivity index (χ3n) is 5.83. The lowest BCUT2D eigenvalue weighted by Crippen LogP contribution is -2.46. The van der Waals surface area contributed by atoms with Crippen LogP contribution in [-0.2, 0) is 0 Å². The van der Waals surface area contributed by atoms with Gasteiger partial charge in [0.2, 0.25) is 17.5 Å². The van der Waals surface area contributed by atoms with E-state index in [1.54, 1.807) is 12.1 Å². The molecule has 29 heavy (non-hydrogen) atoms. The summed E-state index contributed by atoms with van der Waals surface area (Å²) in [4.78, 5) is 8.81. The van der Waals surface area contributed by atoms with Crippen molar-refractivity contribution in [2.75, 3.05) is 36.0 Å². The number of piperazine rings is 1. The summed E-state index contributed by atoms with van der Waals surface area (Å²) in [6.07, 6.45) is 1.01. The van der Waals surface area contributed by atoms with Crippen molar-refractivity contribution in [2.24, 2.45) is 0 Å². The molecule has 146 valence electrons. The maximum absolute atomic E-state index is 13.2. The molecule has 1 saturated heterocycles. The first kappa shape index (κ1) is 17.7. The van der Waals surface area contributed by atoms with Crippen molar-refractivity contribution in [3.8, 4) is 6.07 Å². The number of halogens is 1. The normalized spacial score (nSPS) is 21.1. The highest BCUT2D eigenvalue weighted by Gasteiger charge is 2.44. The van der Waals surface area contributed by atoms with Gasteiger partial charge in [-0.3, -0.25) is 0 Å². The predicted octanol–water partition coefficient (Wildman–Crippen LogP) is 4.28. The number of hydrogen-bond donors (Lipinski definition) is 0. The molecule has 0 bridgehead atoms. The summed E-state index contributed by atoms with van der Waals surface area (Å²) in [5, 5.41) is 9.56. The lowest BCUT2D eigenvalue weighted by Gasteiger charge is -2.35. The van der Waals surface area contributed by atoms with E-state index in [0.717, 1.165) is 38.3 Å². The number of anilines is 2. The second-order valence-corrected chi connectivity index (χ2v) is 7.63. The monoisotopic (exact) mass is 388 g/mol. The van der Waals surface area contributed by atoms with E-state index in [2.05, 4.69) is 33.0 Å². The highest BCUT2D eigenvalue weighted by atomic mass is 19.1. The van der Waals surface area contributed by atoms with E-state index in [4.69, 9.17) is 4.42 Å². The largest absolute Gasteiger partial charge is 0.423 e. The molecule has 2 fully saturated rings. The molecular formula is C23H21FN4O. The van der Waals surface area contributed by atoms with Gasteiger partial charge in [0.15, 0.2) is 0 Å². The van der Waals surface area contributed by atoms with E-state index in [0.29, 0.717) is 23.4 Å². The van der Waals surface area contributed by atoms with Crippen molar-refractivity contribution in [3.05, 3.63) is 77.6 Å². The molecule has 2 aromatic carbocycles. The van der Waals surface area contributed by atoms with Crippen LogP contribution in [0.2, 0.25) is 0 Å². The van der Waals surface area contributed by atoms with Gasteiger partial charge in [0.1, 0.15) is 11.9 Å². The van der Waals surface area contributed by atoms with E-state index in [1.165, 1.54) is 17.7 Å². The summed E-state index contributed by atoms with van der Waals surface area (Å²) in [5.74, 6) is 1.70. The van der Waals surface area contributed by atoms with Crippen LogP contribution in [0.4, 0.5) is 16.0 Å². The third kappa shape index (κ3) is 3.44. The topological polar surface area (TPSA) is 56.3 Å². The summed E-state index contributed by atoms with van der Waals surface area (Å²) >= 11 is 0. The minimum absolute atomic E-state index is 0.228. The average Bonchev–Trinajstić information content (AvgIpc) is 3.46. The van der Waals surface area contributed by atoms with E-state index in [-0.39, 0.29) is 11.7 Å². The summed E-state index contributed by atoms with van der Waals surface area (Å²) in [6, 6.07) is 19.1. The fourth-order valence-corrected chi connectivity index (χ4v) is 4.13. The van der Waals surface area contributed by atoms with Gasteiger partial charge < -0.3 is 14.2 Å². The molecule has 0 unspecified atom stereocenters. The number of oxazole rings is 1. The lowest BCUT2D eigenvalue weighted by atomic mass is 10.1. The van der Waals surface area contributed by atoms with Crippen molar-refractivity contribution in [1.82, 2.24) is 4.98 Å². The minimum Gasteiger partial charge on any atom is -0.423 e. The van der Waals surface area contributed by atoms with Gasteiger partial charge in [-0.2, -0.15) is 5.26 Å². The Kier molecular flexibility index (Phi) is 4.44. The zero-order valence-corrected chi connectivity index (χ0v) is 16.0. The Morgan fingerprint density at radius 2 is 1.62 bits per heavy atom. The molecule has 2 heterocycles. The molecule has 1 aliphatic carbocycles. The first-order valence-electron chi connectivity index (χ1n) is 9.94. The zero-order chi connectivity index (χ0) is 19.8. The van der Waals surface area contributed by atoms with Crippen LogP contribution in [0.1, 0.15) is 35.4 Å². The second kappa shape index (κ2) is 7.25. The van der Waals surface area contributed by atoms with Crippen LogP contribution in [0.25, 0.3) is 0 Å². The molecule has 1 aromatic heterocycles. The molecular weight excluding hydrogens is 367 g/mol. The SMILES string of the molecule is N#Cc1nc([C@@H]2C[C@@H]2c2ccccc2)oc1N1CCN(c2ccc(F)cc2)CC1. The van der Waals surface area contributed by atoms with Gasteiger partial charge in [0.05, 0.1) is 0 Å². The number of nitriles is 1. The second-order valence-electron chi connectivity index (χ2n) is 7.63. The van der Waals surface area contributed by atoms with Gasteiger partial charge >= 0.3 is 0 Å². The van der Waals surface area contributed by atoms with Crippen LogP contribution in [-0.4, -0.2) is 31.2 Å². The Labute approximate surface area is 169 Å². The number of benzene rings is 2. The van der Waals surface area contributed by atoms with Crippen LogP contribution >= 0.6 is 0 Å². The van der Waals surface area contributed by atoms with Crippen molar-refractivity contribution in [1.29, 1.82) is 5.26 Å². The number of nitrogens with zero attached hydrogens (tertiary/aromatic N) is 4. The molecule has 3 aromatic rings. The molecule has 2 aliphatic rings. The highest BCUT2D eigenvalue weighted by molar-refractivity contribution is 5.52. The molecule has 1 saturated carbocycles. The van der Waals surface area contributed by atoms with Gasteiger partial charge in [0, 0.05) is 37.8 Å². The molecule has 0 N–H and O–H groups in total. The van der Waals surface area contributed by atoms with Gasteiger partial charge in [0.25, 0.3) is 0 Å². The van der Waals surface area contributed by atoms with Crippen molar-refractivity contribution in [2.45, 2.75) is 18.3 Å². The smallest absolute Gasteiger partial charge is 0.234 e. The molecule has 0 amide bonds. The Morgan fingerprint density at radius 1 is 0.931 bits per heavy atom. The Morgan fingerprint density at radius 3 is 2.31 bits per heavy atom. The maximum Gasteiger partial charge on any atom is 0.234 e. The number of rotatable bonds is 4. The summed E-state index contributed by atoms with van der Waals surface area (Å²) in [5.41, 5.74) is 2.67. The summed E-state index contributed by atoms with van der Waals surface area (Å²) < 4.78 is 19.3. The lowest BCUT2D eigenvalue weighted by molar-refractivity contribution is 0.476. The van der Waals surface area contributed by atoms with Crippen LogP contribution < -0.4 is 9.80 Å². The number of aromatic nitrogens is 1.